The number of nitrogens with zero attached hydrogens (tertiary/aromatic N) is 1. The Bertz CT molecular complexity index is 523. The molecule has 7 heteroatoms. The number of hydrogen-bond donors (Lipinski definition) is 1. The van der Waals surface area contributed by atoms with Gasteiger partial charge in [-0.05, 0) is 12.1 Å². The highest BCUT2D eigenvalue weighted by Crippen LogP contribution is 2.25. The van der Waals surface area contributed by atoms with Gasteiger partial charge in [0, 0.05) is 11.1 Å². The van der Waals surface area contributed by atoms with Gasteiger partial charge in [-0.1, -0.05) is 0 Å². The Kier molecular flexibility index (Phi) is 4.32. The normalized spacial score (nSPS) is 9.89. The number of halogens is 2. The molecule has 1 rings (SSSR count). The Balaban J connectivity index is 3.31. The zero-order valence-corrected chi connectivity index (χ0v) is 8.89. The summed E-state index contributed by atoms with van der Waals surface area (Å²) in [6, 6.07) is 3.61. The lowest BCUT2D eigenvalue weighted by atomic mass is 10.0. The Labute approximate surface area is 100 Å². The Hall–Kier alpha value is -2.49. The number of aliphatic carboxylic acids is 1. The minimum atomic E-state index is -3.15. The molecule has 0 aromatic heterocycles. The second kappa shape index (κ2) is 5.72. The van der Waals surface area contributed by atoms with Gasteiger partial charge in [0.1, 0.15) is 11.8 Å². The highest BCUT2D eigenvalue weighted by atomic mass is 19.3. The standard InChI is InChI=1S/C11H7F2NO4/c12-11(13)18-9-2-7(4-14)8(5-15)1-6(9)3-10(16)17/h1-2,5,11H,3H2,(H,16,17). The van der Waals surface area contributed by atoms with E-state index < -0.39 is 24.8 Å². The summed E-state index contributed by atoms with van der Waals surface area (Å²) in [6.45, 7) is -3.15. The molecule has 0 aliphatic heterocycles. The van der Waals surface area contributed by atoms with Crippen LogP contribution in [0.5, 0.6) is 5.75 Å². The molecule has 0 aliphatic carbocycles. The predicted molar refractivity (Wildman–Crippen MR) is 54.5 cm³/mol. The van der Waals surface area contributed by atoms with Crippen molar-refractivity contribution in [3.8, 4) is 11.8 Å². The summed E-state index contributed by atoms with van der Waals surface area (Å²) in [5, 5.41) is 17.3. The number of ether oxygens (including phenoxy) is 1. The first-order chi connectivity index (χ1) is 8.47. The summed E-state index contributed by atoms with van der Waals surface area (Å²) in [5.41, 5.74) is -0.325. The van der Waals surface area contributed by atoms with Crippen molar-refractivity contribution in [2.75, 3.05) is 0 Å². The van der Waals surface area contributed by atoms with Gasteiger partial charge in [0.15, 0.2) is 6.29 Å². The smallest absolute Gasteiger partial charge is 0.387 e. The van der Waals surface area contributed by atoms with Crippen molar-refractivity contribution in [2.45, 2.75) is 13.0 Å². The molecule has 0 spiro atoms. The topological polar surface area (TPSA) is 87.4 Å². The van der Waals surface area contributed by atoms with Gasteiger partial charge in [0.2, 0.25) is 0 Å². The van der Waals surface area contributed by atoms with Gasteiger partial charge in [-0.25, -0.2) is 0 Å². The molecule has 0 bridgehead atoms. The van der Waals surface area contributed by atoms with Crippen LogP contribution in [0.4, 0.5) is 8.78 Å². The summed E-state index contributed by atoms with van der Waals surface area (Å²) in [6.07, 6.45) is -0.245. The molecule has 0 atom stereocenters. The van der Waals surface area contributed by atoms with Crippen molar-refractivity contribution in [3.63, 3.8) is 0 Å². The maximum Gasteiger partial charge on any atom is 0.387 e. The van der Waals surface area contributed by atoms with Crippen molar-refractivity contribution < 1.29 is 28.2 Å². The summed E-state index contributed by atoms with van der Waals surface area (Å²) in [5.74, 6) is -1.69. The number of nitriles is 1. The van der Waals surface area contributed by atoms with Crippen LogP contribution in [0.2, 0.25) is 0 Å². The zero-order chi connectivity index (χ0) is 13.7. The number of carboxylic acids is 1. The maximum absolute atomic E-state index is 12.1. The fourth-order valence-corrected chi connectivity index (χ4v) is 1.34. The third-order valence-corrected chi connectivity index (χ3v) is 2.04. The lowest BCUT2D eigenvalue weighted by Crippen LogP contribution is -2.09. The minimum absolute atomic E-state index is 0.0737. The van der Waals surface area contributed by atoms with E-state index in [9.17, 15) is 18.4 Å². The van der Waals surface area contributed by atoms with Gasteiger partial charge >= 0.3 is 12.6 Å². The molecule has 0 saturated heterocycles. The van der Waals surface area contributed by atoms with E-state index in [4.69, 9.17) is 10.4 Å². The molecule has 18 heavy (non-hydrogen) atoms. The SMILES string of the molecule is N#Cc1cc(OC(F)F)c(CC(=O)O)cc1C=O. The molecule has 1 aromatic carbocycles. The monoisotopic (exact) mass is 255 g/mol. The van der Waals surface area contributed by atoms with Crippen LogP contribution in [0.15, 0.2) is 12.1 Å². The number of aldehydes is 1. The highest BCUT2D eigenvalue weighted by Gasteiger charge is 2.16. The van der Waals surface area contributed by atoms with E-state index >= 15 is 0 Å². The number of carbonyl (C=O) groups excluding carboxylic acids is 1. The highest BCUT2D eigenvalue weighted by molar-refractivity contribution is 5.81. The summed E-state index contributed by atoms with van der Waals surface area (Å²) >= 11 is 0. The van der Waals surface area contributed by atoms with Crippen molar-refractivity contribution in [2.24, 2.45) is 0 Å². The van der Waals surface area contributed by atoms with Crippen LogP contribution >= 0.6 is 0 Å². The van der Waals surface area contributed by atoms with Gasteiger partial charge < -0.3 is 9.84 Å². The minimum Gasteiger partial charge on any atom is -0.481 e. The molecule has 0 aliphatic rings. The van der Waals surface area contributed by atoms with Gasteiger partial charge in [0.25, 0.3) is 0 Å². The summed E-state index contributed by atoms with van der Waals surface area (Å²) in [7, 11) is 0. The number of carbonyl (C=O) groups is 2. The summed E-state index contributed by atoms with van der Waals surface area (Å²) in [4.78, 5) is 21.2. The Morgan fingerprint density at radius 3 is 2.67 bits per heavy atom. The molecular weight excluding hydrogens is 248 g/mol. The van der Waals surface area contributed by atoms with Crippen LogP contribution in [0.3, 0.4) is 0 Å². The molecular formula is C11H7F2NO4. The Morgan fingerprint density at radius 1 is 1.56 bits per heavy atom. The number of carboxylic acid groups (broad SMARTS) is 1. The van der Waals surface area contributed by atoms with E-state index in [-0.39, 0.29) is 16.7 Å². The van der Waals surface area contributed by atoms with Crippen LogP contribution in [0.25, 0.3) is 0 Å². The molecule has 5 nitrogen and oxygen atoms in total. The van der Waals surface area contributed by atoms with Crippen molar-refractivity contribution in [1.82, 2.24) is 0 Å². The molecule has 0 heterocycles. The molecule has 94 valence electrons. The molecule has 1 N–H and O–H groups in total. The molecule has 0 saturated carbocycles. The third-order valence-electron chi connectivity index (χ3n) is 2.04. The second-order valence-corrected chi connectivity index (χ2v) is 3.23. The van der Waals surface area contributed by atoms with E-state index in [1.54, 1.807) is 6.07 Å². The largest absolute Gasteiger partial charge is 0.481 e. The fraction of sp³-hybridized carbons (Fsp3) is 0.182. The van der Waals surface area contributed by atoms with Crippen LogP contribution in [-0.4, -0.2) is 24.0 Å². The van der Waals surface area contributed by atoms with E-state index in [2.05, 4.69) is 4.74 Å². The first-order valence-corrected chi connectivity index (χ1v) is 4.66. The van der Waals surface area contributed by atoms with Crippen molar-refractivity contribution >= 4 is 12.3 Å². The van der Waals surface area contributed by atoms with Crippen LogP contribution < -0.4 is 4.74 Å². The van der Waals surface area contributed by atoms with Gasteiger partial charge in [-0.2, -0.15) is 14.0 Å². The van der Waals surface area contributed by atoms with Crippen molar-refractivity contribution in [1.29, 1.82) is 5.26 Å². The molecule has 0 fully saturated rings. The fourth-order valence-electron chi connectivity index (χ4n) is 1.34. The first-order valence-electron chi connectivity index (χ1n) is 4.66. The Morgan fingerprint density at radius 2 is 2.22 bits per heavy atom. The van der Waals surface area contributed by atoms with E-state index in [0.29, 0.717) is 6.29 Å². The van der Waals surface area contributed by atoms with Crippen LogP contribution in [0, 0.1) is 11.3 Å². The van der Waals surface area contributed by atoms with Crippen LogP contribution in [0.1, 0.15) is 21.5 Å². The number of hydrogen-bond acceptors (Lipinski definition) is 4. The average Bonchev–Trinajstić information content (AvgIpc) is 2.29. The molecule has 0 unspecified atom stereocenters. The molecule has 0 amide bonds. The van der Waals surface area contributed by atoms with E-state index in [0.717, 1.165) is 12.1 Å². The second-order valence-electron chi connectivity index (χ2n) is 3.23. The first kappa shape index (κ1) is 13.6. The number of rotatable bonds is 5. The lowest BCUT2D eigenvalue weighted by Gasteiger charge is -2.10. The third kappa shape index (κ3) is 3.25. The average molecular weight is 255 g/mol. The predicted octanol–water partition coefficient (Wildman–Crippen LogP) is 1.60. The maximum atomic E-state index is 12.1. The van der Waals surface area contributed by atoms with E-state index in [1.807, 2.05) is 0 Å². The van der Waals surface area contributed by atoms with Crippen LogP contribution in [-0.2, 0) is 11.2 Å². The number of benzene rings is 1. The quantitative estimate of drug-likeness (QED) is 0.807. The number of alkyl halides is 2. The zero-order valence-electron chi connectivity index (χ0n) is 8.89. The van der Waals surface area contributed by atoms with Gasteiger partial charge in [-0.3, -0.25) is 9.59 Å². The van der Waals surface area contributed by atoms with Gasteiger partial charge in [0.05, 0.1) is 12.0 Å². The summed E-state index contributed by atoms with van der Waals surface area (Å²) < 4.78 is 28.4. The lowest BCUT2D eigenvalue weighted by molar-refractivity contribution is -0.136. The molecule has 1 aromatic rings. The molecule has 0 radical (unpaired) electrons. The van der Waals surface area contributed by atoms with Crippen molar-refractivity contribution in [3.05, 3.63) is 28.8 Å². The van der Waals surface area contributed by atoms with E-state index in [1.165, 1.54) is 0 Å². The van der Waals surface area contributed by atoms with Gasteiger partial charge in [-0.15, -0.1) is 0 Å².